The number of alkyl halides is 3. The number of aromatic nitrogens is 2. The molecule has 1 aliphatic carbocycles. The summed E-state index contributed by atoms with van der Waals surface area (Å²) in [6.07, 6.45) is 1.68. The lowest BCUT2D eigenvalue weighted by atomic mass is 10.0. The van der Waals surface area contributed by atoms with Gasteiger partial charge in [-0.25, -0.2) is 4.98 Å². The summed E-state index contributed by atoms with van der Waals surface area (Å²) >= 11 is 0. The Hall–Kier alpha value is -1.04. The van der Waals surface area contributed by atoms with Crippen molar-refractivity contribution in [1.29, 1.82) is 0 Å². The fourth-order valence-electron chi connectivity index (χ4n) is 2.07. The molecule has 0 atom stereocenters. The monoisotopic (exact) mass is 248 g/mol. The summed E-state index contributed by atoms with van der Waals surface area (Å²) in [5, 5.41) is 0. The van der Waals surface area contributed by atoms with E-state index in [1.165, 1.54) is 0 Å². The maximum absolute atomic E-state index is 11.9. The van der Waals surface area contributed by atoms with Crippen molar-refractivity contribution in [2.45, 2.75) is 38.4 Å². The largest absolute Gasteiger partial charge is 0.411 e. The molecular formula is C11H15F3N2O. The van der Waals surface area contributed by atoms with Crippen molar-refractivity contribution in [1.82, 2.24) is 9.55 Å². The van der Waals surface area contributed by atoms with Crippen LogP contribution in [0.2, 0.25) is 0 Å². The standard InChI is InChI=1S/C11H15F3N2O/c12-11(13,14)7-17-6-5-16-8-15-9-3-1-2-4-10(9)16/h8H,1-7H2. The quantitative estimate of drug-likeness (QED) is 0.765. The number of aryl methyl sites for hydroxylation is 1. The van der Waals surface area contributed by atoms with Crippen LogP contribution >= 0.6 is 0 Å². The summed E-state index contributed by atoms with van der Waals surface area (Å²) in [5.41, 5.74) is 2.25. The minimum Gasteiger partial charge on any atom is -0.370 e. The summed E-state index contributed by atoms with van der Waals surface area (Å²) in [6.45, 7) is -0.662. The second-order valence-corrected chi connectivity index (χ2v) is 4.21. The first-order valence-corrected chi connectivity index (χ1v) is 5.73. The van der Waals surface area contributed by atoms with Crippen molar-refractivity contribution in [3.63, 3.8) is 0 Å². The van der Waals surface area contributed by atoms with Gasteiger partial charge in [0.2, 0.25) is 0 Å². The Labute approximate surface area is 97.6 Å². The van der Waals surface area contributed by atoms with Gasteiger partial charge in [0, 0.05) is 12.2 Å². The Bertz CT molecular complexity index is 373. The van der Waals surface area contributed by atoms with Crippen LogP contribution in [0.1, 0.15) is 24.2 Å². The van der Waals surface area contributed by atoms with Crippen molar-refractivity contribution in [2.75, 3.05) is 13.2 Å². The Kier molecular flexibility index (Phi) is 3.71. The van der Waals surface area contributed by atoms with Crippen molar-refractivity contribution in [3.05, 3.63) is 17.7 Å². The summed E-state index contributed by atoms with van der Waals surface area (Å²) in [5.74, 6) is 0. The molecule has 0 amide bonds. The molecule has 3 nitrogen and oxygen atoms in total. The molecule has 0 radical (unpaired) electrons. The number of halogens is 3. The Morgan fingerprint density at radius 3 is 2.82 bits per heavy atom. The van der Waals surface area contributed by atoms with Gasteiger partial charge < -0.3 is 9.30 Å². The molecule has 2 rings (SSSR count). The van der Waals surface area contributed by atoms with E-state index in [0.717, 1.165) is 37.1 Å². The molecular weight excluding hydrogens is 233 g/mol. The molecule has 0 aromatic carbocycles. The first-order chi connectivity index (χ1) is 8.06. The molecule has 1 aliphatic rings. The van der Waals surface area contributed by atoms with Crippen LogP contribution in [-0.2, 0) is 24.1 Å². The average Bonchev–Trinajstić information content (AvgIpc) is 2.67. The summed E-state index contributed by atoms with van der Waals surface area (Å²) in [4.78, 5) is 4.27. The molecule has 0 saturated heterocycles. The van der Waals surface area contributed by atoms with Gasteiger partial charge in [-0.05, 0) is 25.7 Å². The zero-order chi connectivity index (χ0) is 12.3. The molecule has 0 unspecified atom stereocenters. The minimum absolute atomic E-state index is 0.0717. The van der Waals surface area contributed by atoms with E-state index in [0.29, 0.717) is 6.54 Å². The van der Waals surface area contributed by atoms with Gasteiger partial charge in [-0.2, -0.15) is 13.2 Å². The molecule has 6 heteroatoms. The highest BCUT2D eigenvalue weighted by Gasteiger charge is 2.27. The van der Waals surface area contributed by atoms with Crippen molar-refractivity contribution in [2.24, 2.45) is 0 Å². The van der Waals surface area contributed by atoms with E-state index in [-0.39, 0.29) is 6.61 Å². The maximum atomic E-state index is 11.9. The van der Waals surface area contributed by atoms with Gasteiger partial charge in [-0.15, -0.1) is 0 Å². The van der Waals surface area contributed by atoms with Gasteiger partial charge in [0.05, 0.1) is 18.6 Å². The zero-order valence-electron chi connectivity index (χ0n) is 9.46. The van der Waals surface area contributed by atoms with Crippen LogP contribution in [0, 0.1) is 0 Å². The van der Waals surface area contributed by atoms with Crippen LogP contribution in [0.3, 0.4) is 0 Å². The number of imidazole rings is 1. The molecule has 0 fully saturated rings. The Morgan fingerprint density at radius 1 is 1.29 bits per heavy atom. The van der Waals surface area contributed by atoms with Crippen LogP contribution < -0.4 is 0 Å². The molecule has 0 spiro atoms. The van der Waals surface area contributed by atoms with Crippen LogP contribution in [0.25, 0.3) is 0 Å². The highest BCUT2D eigenvalue weighted by molar-refractivity contribution is 5.16. The van der Waals surface area contributed by atoms with E-state index in [4.69, 9.17) is 0 Å². The SMILES string of the molecule is FC(F)(F)COCCn1cnc2c1CCCC2. The summed E-state index contributed by atoms with van der Waals surface area (Å²) in [7, 11) is 0. The van der Waals surface area contributed by atoms with Gasteiger partial charge in [0.1, 0.15) is 6.61 Å². The third-order valence-electron chi connectivity index (χ3n) is 2.85. The van der Waals surface area contributed by atoms with Crippen molar-refractivity contribution in [3.8, 4) is 0 Å². The summed E-state index contributed by atoms with van der Waals surface area (Å²) < 4.78 is 42.0. The van der Waals surface area contributed by atoms with E-state index in [2.05, 4.69) is 9.72 Å². The summed E-state index contributed by atoms with van der Waals surface area (Å²) in [6, 6.07) is 0. The lowest BCUT2D eigenvalue weighted by Crippen LogP contribution is -2.19. The fraction of sp³-hybridized carbons (Fsp3) is 0.727. The van der Waals surface area contributed by atoms with E-state index < -0.39 is 12.8 Å². The van der Waals surface area contributed by atoms with Gasteiger partial charge in [0.15, 0.2) is 0 Å². The second-order valence-electron chi connectivity index (χ2n) is 4.21. The van der Waals surface area contributed by atoms with E-state index in [9.17, 15) is 13.2 Å². The molecule has 1 heterocycles. The fourth-order valence-corrected chi connectivity index (χ4v) is 2.07. The molecule has 1 aromatic heterocycles. The number of hydrogen-bond donors (Lipinski definition) is 0. The molecule has 96 valence electrons. The highest BCUT2D eigenvalue weighted by Crippen LogP contribution is 2.20. The lowest BCUT2D eigenvalue weighted by molar-refractivity contribution is -0.174. The van der Waals surface area contributed by atoms with Gasteiger partial charge in [0.25, 0.3) is 0 Å². The van der Waals surface area contributed by atoms with Crippen LogP contribution in [0.15, 0.2) is 6.33 Å². The first-order valence-electron chi connectivity index (χ1n) is 5.73. The van der Waals surface area contributed by atoms with Gasteiger partial charge in [-0.3, -0.25) is 0 Å². The molecule has 0 saturated carbocycles. The number of ether oxygens (including phenoxy) is 1. The van der Waals surface area contributed by atoms with E-state index in [1.54, 1.807) is 6.33 Å². The molecule has 17 heavy (non-hydrogen) atoms. The average molecular weight is 248 g/mol. The van der Waals surface area contributed by atoms with Crippen molar-refractivity contribution < 1.29 is 17.9 Å². The van der Waals surface area contributed by atoms with E-state index in [1.807, 2.05) is 4.57 Å². The topological polar surface area (TPSA) is 27.1 Å². The van der Waals surface area contributed by atoms with E-state index >= 15 is 0 Å². The number of rotatable bonds is 4. The first kappa shape index (κ1) is 12.4. The molecule has 0 bridgehead atoms. The second kappa shape index (κ2) is 5.08. The zero-order valence-corrected chi connectivity index (χ0v) is 9.46. The van der Waals surface area contributed by atoms with Crippen LogP contribution in [0.4, 0.5) is 13.2 Å². The molecule has 0 aliphatic heterocycles. The predicted molar refractivity (Wildman–Crippen MR) is 55.7 cm³/mol. The number of hydrogen-bond acceptors (Lipinski definition) is 2. The third-order valence-corrected chi connectivity index (χ3v) is 2.85. The van der Waals surface area contributed by atoms with Crippen LogP contribution in [-0.4, -0.2) is 28.9 Å². The number of fused-ring (bicyclic) bond motifs is 1. The highest BCUT2D eigenvalue weighted by atomic mass is 19.4. The third kappa shape index (κ3) is 3.46. The predicted octanol–water partition coefficient (Wildman–Crippen LogP) is 2.34. The minimum atomic E-state index is -4.24. The number of nitrogens with zero attached hydrogens (tertiary/aromatic N) is 2. The molecule has 1 aromatic rings. The van der Waals surface area contributed by atoms with Gasteiger partial charge >= 0.3 is 6.18 Å². The smallest absolute Gasteiger partial charge is 0.370 e. The maximum Gasteiger partial charge on any atom is 0.411 e. The lowest BCUT2D eigenvalue weighted by Gasteiger charge is -2.14. The Balaban J connectivity index is 1.81. The van der Waals surface area contributed by atoms with Crippen molar-refractivity contribution >= 4 is 0 Å². The molecule has 0 N–H and O–H groups in total. The van der Waals surface area contributed by atoms with Crippen LogP contribution in [0.5, 0.6) is 0 Å². The van der Waals surface area contributed by atoms with Gasteiger partial charge in [-0.1, -0.05) is 0 Å². The normalized spacial score (nSPS) is 15.9. The Morgan fingerprint density at radius 2 is 2.06 bits per heavy atom.